The van der Waals surface area contributed by atoms with E-state index in [9.17, 15) is 56.3 Å². The number of nitrogens with zero attached hydrogens (tertiary/aromatic N) is 1. The molecule has 1 aliphatic rings. The molecule has 0 saturated heterocycles. The van der Waals surface area contributed by atoms with Crippen LogP contribution in [0.5, 0.6) is 0 Å². The molecule has 0 radical (unpaired) electrons. The number of nitrogens with one attached hydrogen (secondary N) is 3. The Bertz CT molecular complexity index is 3570. The molecule has 4 aromatic heterocycles. The number of hydrogen-bond acceptors (Lipinski definition) is 5. The average Bonchev–Trinajstić information content (AvgIpc) is 4.07. The maximum Gasteiger partial charge on any atom is 0.263 e. The largest absolute Gasteiger partial charge is 0.354 e. The zero-order chi connectivity index (χ0) is 47.0. The molecule has 334 valence electrons. The lowest BCUT2D eigenvalue weighted by molar-refractivity contribution is 0.381. The fourth-order valence-electron chi connectivity index (χ4n) is 7.21. The van der Waals surface area contributed by atoms with Crippen LogP contribution in [-0.2, 0) is 30.9 Å². The molecule has 8 bridgehead atoms. The van der Waals surface area contributed by atoms with E-state index in [4.69, 9.17) is 21.4 Å². The van der Waals surface area contributed by atoms with Gasteiger partial charge in [0.15, 0.2) is 69.8 Å². The zero-order valence-electron chi connectivity index (χ0n) is 30.0. The van der Waals surface area contributed by atoms with Crippen LogP contribution < -0.4 is 0 Å². The second kappa shape index (κ2) is 15.1. The van der Waals surface area contributed by atoms with Crippen LogP contribution in [0.3, 0.4) is 0 Å². The Morgan fingerprint density at radius 2 is 0.688 bits per heavy atom. The molecule has 64 heavy (non-hydrogen) atoms. The molecule has 0 aliphatic carbocycles. The van der Waals surface area contributed by atoms with Crippen molar-refractivity contribution < 1.29 is 82.7 Å². The predicted molar refractivity (Wildman–Crippen MR) is 195 cm³/mol. The maximum absolute atomic E-state index is 15.8. The highest BCUT2D eigenvalue weighted by Crippen LogP contribution is 2.44. The smallest absolute Gasteiger partial charge is 0.263 e. The van der Waals surface area contributed by atoms with Crippen LogP contribution in [0.4, 0.5) is 65.9 Å². The molecule has 0 unspecified atom stereocenters. The third kappa shape index (κ3) is 6.64. The number of aryl methyl sites for hydroxylation is 2. The average molecular weight is 996 g/mol. The third-order valence-electron chi connectivity index (χ3n) is 9.93. The van der Waals surface area contributed by atoms with Crippen molar-refractivity contribution in [3.05, 3.63) is 123 Å². The van der Waals surface area contributed by atoms with Gasteiger partial charge in [0.2, 0.25) is 17.5 Å². The summed E-state index contributed by atoms with van der Waals surface area (Å²) in [5.74, 6) is -39.6. The molecule has 27 heteroatoms. The lowest BCUT2D eigenvalue weighted by Gasteiger charge is -2.11. The van der Waals surface area contributed by atoms with Gasteiger partial charge in [0.1, 0.15) is 9.79 Å². The van der Waals surface area contributed by atoms with Crippen LogP contribution >= 0.6 is 21.4 Å². The Labute approximate surface area is 353 Å². The summed E-state index contributed by atoms with van der Waals surface area (Å²) in [7, 11) is 0.655. The van der Waals surface area contributed by atoms with Crippen molar-refractivity contribution >= 4 is 72.6 Å². The molecule has 0 saturated carbocycles. The number of aromatic nitrogens is 4. The van der Waals surface area contributed by atoms with E-state index < -0.39 is 206 Å². The third-order valence-corrected chi connectivity index (χ3v) is 12.6. The van der Waals surface area contributed by atoms with Gasteiger partial charge >= 0.3 is 0 Å². The van der Waals surface area contributed by atoms with Crippen molar-refractivity contribution in [2.24, 2.45) is 0 Å². The SMILES string of the molecule is O=S(=O)(Cl)c1cc2[nH]c1c(-c1c(F)c(F)c(F)c(F)c1F)c1nc(c(-c3c(F)c(F)c(F)c(F)c3F)c3ccc([nH]3)c(-c3c(F)c(F)c(F)c(F)c3F)c3cc(S(=O)(=O)Cl)c2[nH]3)CC1. The van der Waals surface area contributed by atoms with Gasteiger partial charge < -0.3 is 15.0 Å². The van der Waals surface area contributed by atoms with E-state index in [1.807, 2.05) is 0 Å². The number of rotatable bonds is 5. The molecule has 8 rings (SSSR count). The number of benzene rings is 3. The molecule has 7 aromatic rings. The van der Waals surface area contributed by atoms with Gasteiger partial charge in [0, 0.05) is 49.1 Å². The number of fused-ring (bicyclic) bond motifs is 9. The molecule has 0 spiro atoms. The highest BCUT2D eigenvalue weighted by atomic mass is 35.7. The molecule has 5 heterocycles. The van der Waals surface area contributed by atoms with Gasteiger partial charge in [-0.2, -0.15) is 0 Å². The minimum atomic E-state index is -5.40. The van der Waals surface area contributed by atoms with Gasteiger partial charge in [0.25, 0.3) is 18.1 Å². The Kier molecular flexibility index (Phi) is 10.5. The summed E-state index contributed by atoms with van der Waals surface area (Å²) in [6.07, 6.45) is -1.77. The zero-order valence-corrected chi connectivity index (χ0v) is 33.2. The standard InChI is InChI=1S/C37H11Cl2F15N4O4S2/c38-63(59,60)13-5-11-16(19-23(42)29(48)34(53)30(49)24(19)43)9-2-1-7(55-9)15(18-21(40)27(46)33(52)28(47)22(18)41)8-3-4-10(56-8)17(20-25(44)31(50)35(54)32(51)26(20)45)37-14(64(39,61)62)6-12(58-37)36(13)57-11/h1-2,5-6,55,57-58H,3-4H2. The lowest BCUT2D eigenvalue weighted by Crippen LogP contribution is -2.06. The fourth-order valence-corrected chi connectivity index (χ4v) is 9.26. The molecular weight excluding hydrogens is 984 g/mol. The minimum Gasteiger partial charge on any atom is -0.354 e. The van der Waals surface area contributed by atoms with Gasteiger partial charge in [-0.3, -0.25) is 4.98 Å². The quantitative estimate of drug-likeness (QED) is 0.0685. The highest BCUT2D eigenvalue weighted by Gasteiger charge is 2.36. The molecule has 8 nitrogen and oxygen atoms in total. The number of aromatic amines is 3. The van der Waals surface area contributed by atoms with E-state index in [0.29, 0.717) is 24.3 Å². The first-order chi connectivity index (χ1) is 29.8. The van der Waals surface area contributed by atoms with Crippen LogP contribution in [0.2, 0.25) is 0 Å². The van der Waals surface area contributed by atoms with Crippen molar-refractivity contribution in [2.45, 2.75) is 22.6 Å². The molecule has 0 fully saturated rings. The van der Waals surface area contributed by atoms with Gasteiger partial charge in [-0.1, -0.05) is 0 Å². The van der Waals surface area contributed by atoms with E-state index in [1.165, 1.54) is 0 Å². The van der Waals surface area contributed by atoms with Crippen molar-refractivity contribution in [3.63, 3.8) is 0 Å². The van der Waals surface area contributed by atoms with E-state index in [-0.39, 0.29) is 0 Å². The molecule has 3 aromatic carbocycles. The molecule has 0 amide bonds. The van der Waals surface area contributed by atoms with E-state index in [0.717, 1.165) is 0 Å². The van der Waals surface area contributed by atoms with Crippen molar-refractivity contribution in [2.75, 3.05) is 0 Å². The summed E-state index contributed by atoms with van der Waals surface area (Å²) >= 11 is 0. The van der Waals surface area contributed by atoms with Gasteiger partial charge in [-0.05, 0) is 37.1 Å². The predicted octanol–water partition coefficient (Wildman–Crippen LogP) is 11.3. The van der Waals surface area contributed by atoms with Crippen LogP contribution in [-0.4, -0.2) is 36.8 Å². The number of hydrogen-bond donors (Lipinski definition) is 3. The van der Waals surface area contributed by atoms with Crippen molar-refractivity contribution in [1.82, 2.24) is 19.9 Å². The van der Waals surface area contributed by atoms with Gasteiger partial charge in [-0.25, -0.2) is 82.7 Å². The molecule has 1 aliphatic heterocycles. The van der Waals surface area contributed by atoms with Gasteiger partial charge in [0.05, 0.1) is 50.1 Å². The summed E-state index contributed by atoms with van der Waals surface area (Å²) in [5, 5.41) is 0. The van der Waals surface area contributed by atoms with E-state index >= 15 is 26.3 Å². The summed E-state index contributed by atoms with van der Waals surface area (Å²) in [4.78, 5) is 7.99. The second-order valence-corrected chi connectivity index (χ2v) is 18.5. The first kappa shape index (κ1) is 44.7. The van der Waals surface area contributed by atoms with Crippen LogP contribution in [0, 0.1) is 87.3 Å². The first-order valence-corrected chi connectivity index (χ1v) is 21.6. The summed E-state index contributed by atoms with van der Waals surface area (Å²) in [6, 6.07) is 2.05. The normalized spacial score (nSPS) is 12.9. The monoisotopic (exact) mass is 994 g/mol. The highest BCUT2D eigenvalue weighted by molar-refractivity contribution is 8.14. The first-order valence-electron chi connectivity index (χ1n) is 16.9. The second-order valence-electron chi connectivity index (χ2n) is 13.5. The Balaban J connectivity index is 1.77. The van der Waals surface area contributed by atoms with Crippen LogP contribution in [0.1, 0.15) is 11.4 Å². The Morgan fingerprint density at radius 3 is 1.11 bits per heavy atom. The fraction of sp³-hybridized carbons (Fsp3) is 0.0541. The summed E-state index contributed by atoms with van der Waals surface area (Å²) in [5.41, 5.74) is -17.6. The van der Waals surface area contributed by atoms with E-state index in [2.05, 4.69) is 19.9 Å². The topological polar surface area (TPSA) is 129 Å². The minimum absolute atomic E-state index is 0.360. The van der Waals surface area contributed by atoms with Crippen LogP contribution in [0.25, 0.3) is 66.5 Å². The molecular formula is C37H11Cl2F15N4O4S2. The summed E-state index contributed by atoms with van der Waals surface area (Å²) < 4.78 is 280. The Hall–Kier alpha value is -5.92. The molecule has 0 atom stereocenters. The Morgan fingerprint density at radius 1 is 0.375 bits per heavy atom. The maximum atomic E-state index is 15.8. The summed E-state index contributed by atoms with van der Waals surface area (Å²) in [6.45, 7) is 0. The molecule has 3 N–H and O–H groups in total. The van der Waals surface area contributed by atoms with Gasteiger partial charge in [-0.15, -0.1) is 0 Å². The van der Waals surface area contributed by atoms with E-state index in [1.54, 1.807) is 0 Å². The lowest BCUT2D eigenvalue weighted by atomic mass is 9.98. The van der Waals surface area contributed by atoms with Crippen molar-refractivity contribution in [3.8, 4) is 33.4 Å². The number of halogens is 17. The number of H-pyrrole nitrogens is 3. The van der Waals surface area contributed by atoms with Crippen molar-refractivity contribution in [1.29, 1.82) is 0 Å². The van der Waals surface area contributed by atoms with Crippen LogP contribution in [0.15, 0.2) is 34.1 Å².